The number of methoxy groups -OCH3 is 4. The summed E-state index contributed by atoms with van der Waals surface area (Å²) in [5.74, 6) is 5.66. The summed E-state index contributed by atoms with van der Waals surface area (Å²) in [6, 6.07) is 28.0. The molecule has 0 saturated heterocycles. The van der Waals surface area contributed by atoms with Crippen LogP contribution in [0.25, 0.3) is 0 Å². The molecular weight excluding hydrogens is 747 g/mol. The van der Waals surface area contributed by atoms with Gasteiger partial charge >= 0.3 is 0 Å². The molecule has 11 heteroatoms. The second-order valence-electron chi connectivity index (χ2n) is 15.4. The van der Waals surface area contributed by atoms with Crippen LogP contribution in [0.4, 0.5) is 0 Å². The van der Waals surface area contributed by atoms with Crippen molar-refractivity contribution in [3.05, 3.63) is 124 Å². The van der Waals surface area contributed by atoms with Gasteiger partial charge in [-0.3, -0.25) is 14.6 Å². The molecule has 0 aromatic heterocycles. The lowest BCUT2D eigenvalue weighted by atomic mass is 9.87. The number of fused-ring (bicyclic) bond motifs is 2. The molecule has 59 heavy (non-hydrogen) atoms. The lowest BCUT2D eigenvalue weighted by Crippen LogP contribution is -2.34. The van der Waals surface area contributed by atoms with Crippen molar-refractivity contribution < 1.29 is 38.0 Å². The van der Waals surface area contributed by atoms with E-state index < -0.39 is 0 Å². The Kier molecular flexibility index (Phi) is 11.8. The largest absolute Gasteiger partial charge is 0.497 e. The number of hydrogen-bond donors (Lipinski definition) is 1. The third kappa shape index (κ3) is 8.35. The van der Waals surface area contributed by atoms with Crippen LogP contribution in [-0.4, -0.2) is 84.5 Å². The lowest BCUT2D eigenvalue weighted by molar-refractivity contribution is 0.0951. The number of rotatable bonds is 10. The van der Waals surface area contributed by atoms with Crippen LogP contribution in [0.15, 0.2) is 84.9 Å². The van der Waals surface area contributed by atoms with E-state index in [2.05, 4.69) is 71.7 Å². The van der Waals surface area contributed by atoms with Crippen molar-refractivity contribution in [3.8, 4) is 51.7 Å². The van der Waals surface area contributed by atoms with Gasteiger partial charge in [-0.2, -0.15) is 0 Å². The summed E-state index contributed by atoms with van der Waals surface area (Å²) in [5.41, 5.74) is 7.53. The van der Waals surface area contributed by atoms with Gasteiger partial charge in [-0.25, -0.2) is 0 Å². The number of carbonyl (C=O) groups is 1. The fourth-order valence-electron chi connectivity index (χ4n) is 8.53. The van der Waals surface area contributed by atoms with E-state index in [0.29, 0.717) is 77.6 Å². The van der Waals surface area contributed by atoms with E-state index in [1.54, 1.807) is 52.7 Å². The normalized spacial score (nSPS) is 17.3. The van der Waals surface area contributed by atoms with E-state index >= 15 is 0 Å². The van der Waals surface area contributed by atoms with E-state index in [4.69, 9.17) is 33.2 Å². The molecule has 0 fully saturated rings. The van der Waals surface area contributed by atoms with Crippen LogP contribution in [-0.2, 0) is 25.7 Å². The average molecular weight is 800 g/mol. The first kappa shape index (κ1) is 39.9. The molecule has 9 rings (SSSR count). The third-order valence-electron chi connectivity index (χ3n) is 11.8. The molecule has 308 valence electrons. The molecule has 0 radical (unpaired) electrons. The van der Waals surface area contributed by atoms with Gasteiger partial charge in [0.05, 0.1) is 35.0 Å². The molecular formula is C48H53N3O8. The SMILES string of the molecule is COc1ccc(C(=O)NCCCOc2ccc3cc2Oc2ccc(cc2)CC2c4cc(c(OC)cc4CCN2C)Oc2c(OC)c(OC)cc4c2[C@@H](C3)N(C)CC4)cc1. The number of amides is 1. The molecule has 4 aliphatic rings. The summed E-state index contributed by atoms with van der Waals surface area (Å²) in [7, 11) is 11.0. The molecule has 4 aliphatic heterocycles. The van der Waals surface area contributed by atoms with Crippen LogP contribution in [0, 0.1) is 0 Å². The first-order valence-corrected chi connectivity index (χ1v) is 20.3. The Labute approximate surface area is 346 Å². The maximum atomic E-state index is 12.7. The van der Waals surface area contributed by atoms with Gasteiger partial charge in [0.2, 0.25) is 5.75 Å². The van der Waals surface area contributed by atoms with Crippen molar-refractivity contribution in [3.63, 3.8) is 0 Å². The highest BCUT2D eigenvalue weighted by molar-refractivity contribution is 5.94. The van der Waals surface area contributed by atoms with Crippen LogP contribution < -0.4 is 38.5 Å². The van der Waals surface area contributed by atoms with Gasteiger partial charge in [-0.1, -0.05) is 18.2 Å². The molecule has 5 aromatic carbocycles. The van der Waals surface area contributed by atoms with Crippen LogP contribution in [0.1, 0.15) is 62.2 Å². The second-order valence-corrected chi connectivity index (χ2v) is 15.4. The number of ether oxygens (including phenoxy) is 7. The molecule has 5 aromatic rings. The molecule has 1 unspecified atom stereocenters. The molecule has 1 N–H and O–H groups in total. The highest BCUT2D eigenvalue weighted by Gasteiger charge is 2.35. The first-order valence-electron chi connectivity index (χ1n) is 20.3. The number of hydrogen-bond acceptors (Lipinski definition) is 10. The monoisotopic (exact) mass is 799 g/mol. The Balaban J connectivity index is 1.15. The zero-order chi connectivity index (χ0) is 41.0. The topological polar surface area (TPSA) is 100 Å². The van der Waals surface area contributed by atoms with Crippen molar-refractivity contribution >= 4 is 5.91 Å². The van der Waals surface area contributed by atoms with E-state index in [-0.39, 0.29) is 18.0 Å². The summed E-state index contributed by atoms with van der Waals surface area (Å²) in [5, 5.41) is 2.99. The summed E-state index contributed by atoms with van der Waals surface area (Å²) in [6.07, 6.45) is 3.82. The smallest absolute Gasteiger partial charge is 0.251 e. The van der Waals surface area contributed by atoms with Gasteiger partial charge in [-0.05, 0) is 141 Å². The molecule has 0 aliphatic carbocycles. The maximum absolute atomic E-state index is 12.7. The molecule has 0 spiro atoms. The molecule has 0 saturated carbocycles. The highest BCUT2D eigenvalue weighted by Crippen LogP contribution is 2.52. The number of nitrogens with zero attached hydrogens (tertiary/aromatic N) is 2. The van der Waals surface area contributed by atoms with Crippen LogP contribution in [0.2, 0.25) is 0 Å². The first-order chi connectivity index (χ1) is 28.8. The third-order valence-corrected chi connectivity index (χ3v) is 11.8. The summed E-state index contributed by atoms with van der Waals surface area (Å²) in [6.45, 7) is 2.63. The van der Waals surface area contributed by atoms with Gasteiger partial charge in [0.1, 0.15) is 11.5 Å². The fourth-order valence-corrected chi connectivity index (χ4v) is 8.53. The fraction of sp³-hybridized carbons (Fsp3) is 0.354. The molecule has 4 heterocycles. The van der Waals surface area contributed by atoms with Gasteiger partial charge in [0.25, 0.3) is 5.91 Å². The minimum Gasteiger partial charge on any atom is -0.497 e. The van der Waals surface area contributed by atoms with E-state index in [9.17, 15) is 4.79 Å². The zero-order valence-corrected chi connectivity index (χ0v) is 34.8. The predicted octanol–water partition coefficient (Wildman–Crippen LogP) is 8.36. The van der Waals surface area contributed by atoms with Crippen molar-refractivity contribution in [2.75, 3.05) is 68.8 Å². The lowest BCUT2D eigenvalue weighted by Gasteiger charge is -2.37. The summed E-state index contributed by atoms with van der Waals surface area (Å²) in [4.78, 5) is 17.5. The van der Waals surface area contributed by atoms with Gasteiger partial charge in [0, 0.05) is 42.8 Å². The molecule has 6 bridgehead atoms. The zero-order valence-electron chi connectivity index (χ0n) is 34.8. The highest BCUT2D eigenvalue weighted by atomic mass is 16.5. The predicted molar refractivity (Wildman–Crippen MR) is 227 cm³/mol. The van der Waals surface area contributed by atoms with Crippen molar-refractivity contribution in [2.24, 2.45) is 0 Å². The Morgan fingerprint density at radius 3 is 2.10 bits per heavy atom. The molecule has 11 nitrogen and oxygen atoms in total. The number of carbonyl (C=O) groups excluding carboxylic acids is 1. The van der Waals surface area contributed by atoms with Crippen LogP contribution in [0.3, 0.4) is 0 Å². The van der Waals surface area contributed by atoms with Crippen molar-refractivity contribution in [1.29, 1.82) is 0 Å². The minimum atomic E-state index is -0.142. The van der Waals surface area contributed by atoms with E-state index in [1.165, 1.54) is 16.7 Å². The Morgan fingerprint density at radius 2 is 1.37 bits per heavy atom. The molecule has 2 atom stereocenters. The average Bonchev–Trinajstić information content (AvgIpc) is 3.26. The standard InChI is InChI=1S/C48H53N3O8/c1-50-21-18-33-27-41(54-4)43-29-37(33)38(50)24-30-8-13-36(14-9-30)58-42-26-31(10-17-40(42)57-23-7-20-49-48(52)32-11-15-35(53-3)16-12-32)25-39-45-34(19-22-51(39)2)28-44(55-5)46(56-6)47(45)59-43/h8-17,26-29,38-39H,7,18-25H2,1-6H3,(H,49,52)/t38?,39-/m1/s1. The Morgan fingerprint density at radius 1 is 0.695 bits per heavy atom. The minimum absolute atomic E-state index is 0.0665. The van der Waals surface area contributed by atoms with Gasteiger partial charge in [-0.15, -0.1) is 0 Å². The summed E-state index contributed by atoms with van der Waals surface area (Å²) < 4.78 is 43.4. The number of likely N-dealkylation sites (N-methyl/N-ethyl adjacent to an activating group) is 2. The van der Waals surface area contributed by atoms with Gasteiger partial charge < -0.3 is 38.5 Å². The summed E-state index contributed by atoms with van der Waals surface area (Å²) >= 11 is 0. The number of nitrogens with one attached hydrogen (secondary N) is 1. The van der Waals surface area contributed by atoms with Gasteiger partial charge in [0.15, 0.2) is 34.5 Å². The van der Waals surface area contributed by atoms with E-state index in [1.807, 2.05) is 18.2 Å². The maximum Gasteiger partial charge on any atom is 0.251 e. The van der Waals surface area contributed by atoms with Crippen LogP contribution in [0.5, 0.6) is 51.7 Å². The Bertz CT molecular complexity index is 2290. The number of benzene rings is 5. The van der Waals surface area contributed by atoms with Crippen LogP contribution >= 0.6 is 0 Å². The quantitative estimate of drug-likeness (QED) is 0.139. The van der Waals surface area contributed by atoms with Crippen molar-refractivity contribution in [1.82, 2.24) is 15.1 Å². The molecule has 1 amide bonds. The van der Waals surface area contributed by atoms with Crippen molar-refractivity contribution in [2.45, 2.75) is 44.2 Å². The van der Waals surface area contributed by atoms with E-state index in [0.717, 1.165) is 54.8 Å². The Hall–Kier alpha value is -5.91. The second kappa shape index (κ2) is 17.5.